The fourth-order valence-electron chi connectivity index (χ4n) is 4.40. The predicted molar refractivity (Wildman–Crippen MR) is 133 cm³/mol. The van der Waals surface area contributed by atoms with Gasteiger partial charge in [-0.1, -0.05) is 18.2 Å². The van der Waals surface area contributed by atoms with Crippen molar-refractivity contribution in [1.29, 1.82) is 0 Å². The number of rotatable bonds is 5. The Hall–Kier alpha value is -4.32. The van der Waals surface area contributed by atoms with Crippen molar-refractivity contribution in [3.05, 3.63) is 72.8 Å². The maximum atomic E-state index is 15.8. The number of benzene rings is 1. The summed E-state index contributed by atoms with van der Waals surface area (Å²) in [6, 6.07) is 6.04. The zero-order valence-corrected chi connectivity index (χ0v) is 20.3. The van der Waals surface area contributed by atoms with Gasteiger partial charge in [0.25, 0.3) is 5.78 Å². The molecule has 1 saturated heterocycles. The van der Waals surface area contributed by atoms with Crippen LogP contribution in [0.5, 0.6) is 0 Å². The molecular weight excluding hydrogens is 478 g/mol. The predicted octanol–water partition coefficient (Wildman–Crippen LogP) is 2.87. The summed E-state index contributed by atoms with van der Waals surface area (Å²) in [5.74, 6) is -3.50. The Bertz CT molecular complexity index is 1550. The average molecular weight is 503 g/mol. The van der Waals surface area contributed by atoms with Gasteiger partial charge in [0.2, 0.25) is 5.82 Å². The number of fused-ring (bicyclic) bond motifs is 1. The zero-order valence-electron chi connectivity index (χ0n) is 20.3. The fourth-order valence-corrected chi connectivity index (χ4v) is 4.40. The minimum atomic E-state index is -3.44. The van der Waals surface area contributed by atoms with Gasteiger partial charge in [0, 0.05) is 74.1 Å². The first-order chi connectivity index (χ1) is 17.9. The summed E-state index contributed by atoms with van der Waals surface area (Å²) < 4.78 is 34.5. The molecule has 10 nitrogen and oxygen atoms in total. The van der Waals surface area contributed by atoms with E-state index in [-0.39, 0.29) is 11.3 Å². The summed E-state index contributed by atoms with van der Waals surface area (Å²) in [5.41, 5.74) is 2.55. The topological polar surface area (TPSA) is 93.2 Å². The molecular formula is C25H24F2N10. The van der Waals surface area contributed by atoms with E-state index in [0.29, 0.717) is 17.0 Å². The maximum absolute atomic E-state index is 15.8. The van der Waals surface area contributed by atoms with Crippen LogP contribution >= 0.6 is 0 Å². The van der Waals surface area contributed by atoms with Gasteiger partial charge in [-0.15, -0.1) is 10.2 Å². The van der Waals surface area contributed by atoms with Crippen LogP contribution in [0.2, 0.25) is 0 Å². The Kier molecular flexibility index (Phi) is 5.60. The second-order valence-electron chi connectivity index (χ2n) is 9.15. The Labute approximate surface area is 211 Å². The average Bonchev–Trinajstić information content (AvgIpc) is 3.55. The maximum Gasteiger partial charge on any atom is 0.332 e. The molecule has 12 heteroatoms. The Morgan fingerprint density at radius 2 is 1.57 bits per heavy atom. The third-order valence-electron chi connectivity index (χ3n) is 6.57. The number of alkyl halides is 2. The Morgan fingerprint density at radius 3 is 2.30 bits per heavy atom. The first-order valence-electron chi connectivity index (χ1n) is 11.8. The normalized spacial score (nSPS) is 15.0. The van der Waals surface area contributed by atoms with Crippen molar-refractivity contribution in [3.8, 4) is 22.5 Å². The lowest BCUT2D eigenvalue weighted by molar-refractivity contribution is 0.0317. The van der Waals surface area contributed by atoms with E-state index >= 15 is 8.78 Å². The number of likely N-dealkylation sites (N-methyl/N-ethyl adjacent to an activating group) is 1. The molecule has 5 heterocycles. The molecule has 0 unspecified atom stereocenters. The molecule has 1 aliphatic heterocycles. The number of hydrogen-bond donors (Lipinski definition) is 0. The molecule has 0 amide bonds. The van der Waals surface area contributed by atoms with Crippen LogP contribution in [-0.2, 0) is 13.0 Å². The number of hydrogen-bond acceptors (Lipinski definition) is 8. The Balaban J connectivity index is 1.31. The van der Waals surface area contributed by atoms with Gasteiger partial charge in [-0.3, -0.25) is 9.08 Å². The van der Waals surface area contributed by atoms with Gasteiger partial charge in [-0.05, 0) is 13.1 Å². The summed E-state index contributed by atoms with van der Waals surface area (Å²) in [5, 5.41) is 11.8. The lowest BCUT2D eigenvalue weighted by Gasteiger charge is -2.33. The van der Waals surface area contributed by atoms with Crippen LogP contribution < -0.4 is 4.90 Å². The summed E-state index contributed by atoms with van der Waals surface area (Å²) in [6.45, 7) is 3.72. The van der Waals surface area contributed by atoms with Crippen LogP contribution in [0.4, 0.5) is 14.5 Å². The summed E-state index contributed by atoms with van der Waals surface area (Å²) in [4.78, 5) is 17.6. The number of aromatic nitrogens is 8. The second kappa shape index (κ2) is 8.96. The highest BCUT2D eigenvalue weighted by molar-refractivity contribution is 5.61. The van der Waals surface area contributed by atoms with Crippen LogP contribution in [-0.4, -0.2) is 77.5 Å². The smallest absolute Gasteiger partial charge is 0.332 e. The third-order valence-corrected chi connectivity index (χ3v) is 6.57. The number of piperazine rings is 1. The van der Waals surface area contributed by atoms with E-state index in [0.717, 1.165) is 37.4 Å². The lowest BCUT2D eigenvalue weighted by atomic mass is 10.0. The van der Waals surface area contributed by atoms with Gasteiger partial charge in [0.05, 0.1) is 24.3 Å². The number of anilines is 1. The molecule has 1 aliphatic rings. The molecule has 0 N–H and O–H groups in total. The summed E-state index contributed by atoms with van der Waals surface area (Å²) >= 11 is 0. The van der Waals surface area contributed by atoms with Crippen LogP contribution in [0.25, 0.3) is 28.3 Å². The molecule has 0 spiro atoms. The van der Waals surface area contributed by atoms with E-state index in [1.54, 1.807) is 61.0 Å². The van der Waals surface area contributed by atoms with Gasteiger partial charge in [0.1, 0.15) is 0 Å². The molecule has 5 aromatic rings. The molecule has 0 saturated carbocycles. The van der Waals surface area contributed by atoms with Crippen molar-refractivity contribution in [2.24, 2.45) is 7.05 Å². The van der Waals surface area contributed by atoms with Gasteiger partial charge < -0.3 is 9.80 Å². The molecule has 0 radical (unpaired) electrons. The lowest BCUT2D eigenvalue weighted by Crippen LogP contribution is -2.44. The quantitative estimate of drug-likeness (QED) is 0.362. The molecule has 1 aromatic carbocycles. The Morgan fingerprint density at radius 1 is 0.811 bits per heavy atom. The van der Waals surface area contributed by atoms with Crippen molar-refractivity contribution in [1.82, 2.24) is 44.2 Å². The summed E-state index contributed by atoms with van der Waals surface area (Å²) in [6.07, 6.45) is 10.0. The molecule has 4 aromatic heterocycles. The second-order valence-corrected chi connectivity index (χ2v) is 9.15. The van der Waals surface area contributed by atoms with Crippen LogP contribution in [0.15, 0.2) is 61.4 Å². The summed E-state index contributed by atoms with van der Waals surface area (Å²) in [7, 11) is 3.88. The largest absolute Gasteiger partial charge is 0.366 e. The van der Waals surface area contributed by atoms with E-state index in [1.807, 2.05) is 0 Å². The molecule has 188 valence electrons. The molecule has 0 bridgehead atoms. The van der Waals surface area contributed by atoms with Crippen molar-refractivity contribution in [3.63, 3.8) is 0 Å². The minimum Gasteiger partial charge on any atom is -0.366 e. The molecule has 0 aliphatic carbocycles. The number of halogens is 2. The van der Waals surface area contributed by atoms with Crippen LogP contribution in [0.1, 0.15) is 11.4 Å². The van der Waals surface area contributed by atoms with Gasteiger partial charge >= 0.3 is 5.92 Å². The van der Waals surface area contributed by atoms with Crippen LogP contribution in [0, 0.1) is 0 Å². The van der Waals surface area contributed by atoms with E-state index in [4.69, 9.17) is 0 Å². The van der Waals surface area contributed by atoms with E-state index < -0.39 is 11.7 Å². The van der Waals surface area contributed by atoms with Gasteiger partial charge in [-0.2, -0.15) is 13.9 Å². The highest BCUT2D eigenvalue weighted by atomic mass is 19.3. The monoisotopic (exact) mass is 502 g/mol. The van der Waals surface area contributed by atoms with E-state index in [9.17, 15) is 0 Å². The highest BCUT2D eigenvalue weighted by Crippen LogP contribution is 2.36. The van der Waals surface area contributed by atoms with Crippen molar-refractivity contribution < 1.29 is 8.78 Å². The molecule has 37 heavy (non-hydrogen) atoms. The highest BCUT2D eigenvalue weighted by Gasteiger charge is 2.40. The molecule has 0 atom stereocenters. The first-order valence-corrected chi connectivity index (χ1v) is 11.8. The van der Waals surface area contributed by atoms with Crippen molar-refractivity contribution in [2.45, 2.75) is 5.92 Å². The zero-order chi connectivity index (χ0) is 25.6. The third kappa shape index (κ3) is 4.29. The molecule has 1 fully saturated rings. The van der Waals surface area contributed by atoms with Gasteiger partial charge in [-0.25, -0.2) is 15.0 Å². The minimum absolute atomic E-state index is 0.0845. The van der Waals surface area contributed by atoms with Gasteiger partial charge in [0.15, 0.2) is 5.82 Å². The van der Waals surface area contributed by atoms with E-state index in [1.165, 1.54) is 16.5 Å². The van der Waals surface area contributed by atoms with Crippen molar-refractivity contribution >= 4 is 11.5 Å². The molecule has 6 rings (SSSR count). The standard InChI is InChI=1S/C25H24F2N10/c1-34-6-8-36(9-7-34)21-13-28-22(29-14-21)17-4-3-5-20(10-17)25(26,27)23-32-33-24-30-11-18(16-37(23)24)19-12-31-35(2)15-19/h3-5,10-16H,6-9H2,1-2H3. The first kappa shape index (κ1) is 23.1. The fraction of sp³-hybridized carbons (Fsp3) is 0.280. The number of aryl methyl sites for hydroxylation is 1. The SMILES string of the molecule is CN1CCN(c2cnc(-c3cccc(C(F)(F)c4nnc5ncc(-c6cnn(C)c6)cn45)c3)nc2)CC1. The van der Waals surface area contributed by atoms with Crippen LogP contribution in [0.3, 0.4) is 0 Å². The van der Waals surface area contributed by atoms with Crippen molar-refractivity contribution in [2.75, 3.05) is 38.1 Å². The van der Waals surface area contributed by atoms with E-state index in [2.05, 4.69) is 47.1 Å². The number of nitrogens with zero attached hydrogens (tertiary/aromatic N) is 10.